The predicted molar refractivity (Wildman–Crippen MR) is 78.4 cm³/mol. The molecule has 86 valence electrons. The van der Waals surface area contributed by atoms with E-state index in [4.69, 9.17) is 5.26 Å². The molecule has 1 nitrogen and oxygen atoms in total. The van der Waals surface area contributed by atoms with Gasteiger partial charge in [0.15, 0.2) is 0 Å². The molecule has 3 rings (SSSR count). The van der Waals surface area contributed by atoms with E-state index in [1.165, 1.54) is 38.9 Å². The smallest absolute Gasteiger partial charge is 0.133 e. The molecule has 0 saturated heterocycles. The molecule has 0 atom stereocenters. The molecule has 3 aromatic carbocycles. The molecule has 18 heavy (non-hydrogen) atoms. The Morgan fingerprint density at radius 1 is 0.889 bits per heavy atom. The minimum atomic E-state index is 0.734. The highest BCUT2D eigenvalue weighted by molar-refractivity contribution is 8.03. The van der Waals surface area contributed by atoms with Gasteiger partial charge in [0.05, 0.1) is 0 Å². The average molecular weight is 249 g/mol. The predicted octanol–water partition coefficient (Wildman–Crippen LogP) is 4.71. The SMILES string of the molecule is N#CSCc1c2ccccc2cc2ccccc12. The maximum Gasteiger partial charge on any atom is 0.133 e. The number of benzene rings is 3. The van der Waals surface area contributed by atoms with Crippen LogP contribution in [0.5, 0.6) is 0 Å². The van der Waals surface area contributed by atoms with Crippen molar-refractivity contribution in [2.24, 2.45) is 0 Å². The van der Waals surface area contributed by atoms with Gasteiger partial charge in [-0.05, 0) is 44.9 Å². The molecule has 3 aromatic rings. The third-order valence-corrected chi connectivity index (χ3v) is 3.73. The Hall–Kier alpha value is -1.98. The summed E-state index contributed by atoms with van der Waals surface area (Å²) in [5, 5.41) is 15.9. The third kappa shape index (κ3) is 1.83. The largest absolute Gasteiger partial charge is 0.185 e. The molecule has 0 aliphatic heterocycles. The van der Waals surface area contributed by atoms with E-state index in [9.17, 15) is 0 Å². The van der Waals surface area contributed by atoms with Crippen LogP contribution in [-0.2, 0) is 5.75 Å². The van der Waals surface area contributed by atoms with Crippen molar-refractivity contribution in [1.82, 2.24) is 0 Å². The molecular formula is C16H11NS. The number of fused-ring (bicyclic) bond motifs is 2. The van der Waals surface area contributed by atoms with Crippen molar-refractivity contribution in [3.63, 3.8) is 0 Å². The normalized spacial score (nSPS) is 10.6. The van der Waals surface area contributed by atoms with Gasteiger partial charge in [-0.25, -0.2) is 0 Å². The molecule has 0 unspecified atom stereocenters. The fourth-order valence-corrected chi connectivity index (χ4v) is 2.89. The van der Waals surface area contributed by atoms with Crippen LogP contribution in [0, 0.1) is 10.7 Å². The lowest BCUT2D eigenvalue weighted by atomic mass is 9.98. The van der Waals surface area contributed by atoms with Gasteiger partial charge in [-0.3, -0.25) is 0 Å². The fraction of sp³-hybridized carbons (Fsp3) is 0.0625. The molecule has 0 radical (unpaired) electrons. The van der Waals surface area contributed by atoms with Crippen molar-refractivity contribution >= 4 is 33.3 Å². The summed E-state index contributed by atoms with van der Waals surface area (Å²) >= 11 is 1.30. The van der Waals surface area contributed by atoms with E-state index < -0.39 is 0 Å². The lowest BCUT2D eigenvalue weighted by Gasteiger charge is -2.09. The van der Waals surface area contributed by atoms with Gasteiger partial charge < -0.3 is 0 Å². The van der Waals surface area contributed by atoms with Crippen LogP contribution < -0.4 is 0 Å². The minimum Gasteiger partial charge on any atom is -0.185 e. The zero-order valence-corrected chi connectivity index (χ0v) is 10.6. The Morgan fingerprint density at radius 3 is 2.00 bits per heavy atom. The van der Waals surface area contributed by atoms with Crippen LogP contribution in [0.1, 0.15) is 5.56 Å². The van der Waals surface area contributed by atoms with E-state index in [1.54, 1.807) is 0 Å². The van der Waals surface area contributed by atoms with E-state index in [-0.39, 0.29) is 0 Å². The van der Waals surface area contributed by atoms with Crippen LogP contribution in [0.4, 0.5) is 0 Å². The summed E-state index contributed by atoms with van der Waals surface area (Å²) in [7, 11) is 0. The summed E-state index contributed by atoms with van der Waals surface area (Å²) in [6.07, 6.45) is 0. The summed E-state index contributed by atoms with van der Waals surface area (Å²) < 4.78 is 0. The zero-order chi connectivity index (χ0) is 12.4. The Balaban J connectivity index is 2.38. The van der Waals surface area contributed by atoms with Gasteiger partial charge in [-0.1, -0.05) is 48.5 Å². The van der Waals surface area contributed by atoms with Crippen LogP contribution >= 0.6 is 11.8 Å². The lowest BCUT2D eigenvalue weighted by molar-refractivity contribution is 1.51. The molecule has 0 saturated carbocycles. The van der Waals surface area contributed by atoms with E-state index in [2.05, 4.69) is 60.0 Å². The average Bonchev–Trinajstić information content (AvgIpc) is 2.43. The molecule has 0 N–H and O–H groups in total. The Labute approximate surface area is 110 Å². The van der Waals surface area contributed by atoms with E-state index in [1.807, 2.05) is 0 Å². The zero-order valence-electron chi connectivity index (χ0n) is 9.76. The second-order valence-electron chi connectivity index (χ2n) is 4.18. The maximum atomic E-state index is 8.78. The van der Waals surface area contributed by atoms with Gasteiger partial charge in [-0.15, -0.1) is 0 Å². The molecule has 2 heteroatoms. The third-order valence-electron chi connectivity index (χ3n) is 3.16. The standard InChI is InChI=1S/C16H11NS/c17-11-18-10-16-14-7-3-1-5-12(14)9-13-6-2-4-8-15(13)16/h1-9H,10H2. The molecule has 0 fully saturated rings. The Kier molecular flexibility index (Phi) is 2.92. The number of nitriles is 1. The van der Waals surface area contributed by atoms with Gasteiger partial charge in [0.1, 0.15) is 5.40 Å². The molecule has 0 bridgehead atoms. The molecule has 0 aromatic heterocycles. The van der Waals surface area contributed by atoms with Crippen LogP contribution in [0.2, 0.25) is 0 Å². The quantitative estimate of drug-likeness (QED) is 0.485. The number of thioether (sulfide) groups is 1. The summed E-state index contributed by atoms with van der Waals surface area (Å²) in [6.45, 7) is 0. The van der Waals surface area contributed by atoms with Gasteiger partial charge in [0.2, 0.25) is 0 Å². The first kappa shape index (κ1) is 11.1. The highest BCUT2D eigenvalue weighted by Crippen LogP contribution is 2.30. The monoisotopic (exact) mass is 249 g/mol. The van der Waals surface area contributed by atoms with Crippen LogP contribution in [0.15, 0.2) is 54.6 Å². The van der Waals surface area contributed by atoms with Gasteiger partial charge in [-0.2, -0.15) is 5.26 Å². The maximum absolute atomic E-state index is 8.78. The van der Waals surface area contributed by atoms with Crippen molar-refractivity contribution < 1.29 is 0 Å². The highest BCUT2D eigenvalue weighted by Gasteiger charge is 2.06. The van der Waals surface area contributed by atoms with Gasteiger partial charge in [0.25, 0.3) is 0 Å². The highest BCUT2D eigenvalue weighted by atomic mass is 32.2. The van der Waals surface area contributed by atoms with Gasteiger partial charge >= 0.3 is 0 Å². The molecule has 0 amide bonds. The summed E-state index contributed by atoms with van der Waals surface area (Å²) in [4.78, 5) is 0. The number of hydrogen-bond donors (Lipinski definition) is 0. The number of hydrogen-bond acceptors (Lipinski definition) is 2. The molecular weight excluding hydrogens is 238 g/mol. The summed E-state index contributed by atoms with van der Waals surface area (Å²) in [5.41, 5.74) is 1.26. The molecule has 0 aliphatic rings. The van der Waals surface area contributed by atoms with Crippen molar-refractivity contribution in [3.05, 3.63) is 60.2 Å². The van der Waals surface area contributed by atoms with Crippen molar-refractivity contribution in [2.45, 2.75) is 5.75 Å². The lowest BCUT2D eigenvalue weighted by Crippen LogP contribution is -1.87. The Morgan fingerprint density at radius 2 is 1.44 bits per heavy atom. The van der Waals surface area contributed by atoms with E-state index in [0.717, 1.165) is 5.75 Å². The number of thiocyanates is 1. The topological polar surface area (TPSA) is 23.8 Å². The second kappa shape index (κ2) is 4.72. The van der Waals surface area contributed by atoms with Gasteiger partial charge in [0, 0.05) is 5.75 Å². The minimum absolute atomic E-state index is 0.734. The fourth-order valence-electron chi connectivity index (χ4n) is 2.37. The first-order chi connectivity index (χ1) is 8.90. The Bertz CT molecular complexity index is 702. The number of rotatable bonds is 2. The van der Waals surface area contributed by atoms with E-state index in [0.29, 0.717) is 0 Å². The first-order valence-corrected chi connectivity index (χ1v) is 6.79. The molecule has 0 heterocycles. The summed E-state index contributed by atoms with van der Waals surface area (Å²) in [5.74, 6) is 0.734. The van der Waals surface area contributed by atoms with Crippen LogP contribution in [-0.4, -0.2) is 0 Å². The van der Waals surface area contributed by atoms with Crippen LogP contribution in [0.3, 0.4) is 0 Å². The molecule has 0 aliphatic carbocycles. The van der Waals surface area contributed by atoms with Crippen molar-refractivity contribution in [2.75, 3.05) is 0 Å². The van der Waals surface area contributed by atoms with Crippen LogP contribution in [0.25, 0.3) is 21.5 Å². The summed E-state index contributed by atoms with van der Waals surface area (Å²) in [6, 6.07) is 19.0. The first-order valence-electron chi connectivity index (χ1n) is 5.80. The second-order valence-corrected chi connectivity index (χ2v) is 4.94. The number of nitrogens with zero attached hydrogens (tertiary/aromatic N) is 1. The molecule has 0 spiro atoms. The van der Waals surface area contributed by atoms with E-state index >= 15 is 0 Å². The van der Waals surface area contributed by atoms with Crippen molar-refractivity contribution in [1.29, 1.82) is 5.26 Å². The van der Waals surface area contributed by atoms with Crippen molar-refractivity contribution in [3.8, 4) is 5.40 Å².